The standard InChI is InChI=1S/C19H23FN2OS/c1-13-8-11-24-17(13)16(22(2)3)12-21-18(23)19(9-10-19)14-4-6-15(20)7-5-14/h4-8,11,16H,9-10,12H2,1-3H3,(H,21,23). The molecule has 2 aromatic rings. The zero-order valence-corrected chi connectivity index (χ0v) is 15.1. The summed E-state index contributed by atoms with van der Waals surface area (Å²) in [6.07, 6.45) is 1.66. The molecule has 24 heavy (non-hydrogen) atoms. The highest BCUT2D eigenvalue weighted by Crippen LogP contribution is 2.48. The predicted molar refractivity (Wildman–Crippen MR) is 95.8 cm³/mol. The summed E-state index contributed by atoms with van der Waals surface area (Å²) in [7, 11) is 4.06. The monoisotopic (exact) mass is 346 g/mol. The maximum Gasteiger partial charge on any atom is 0.230 e. The van der Waals surface area contributed by atoms with Crippen LogP contribution in [-0.4, -0.2) is 31.4 Å². The maximum atomic E-state index is 13.1. The normalized spacial score (nSPS) is 16.9. The van der Waals surface area contributed by atoms with Crippen molar-refractivity contribution in [2.45, 2.75) is 31.2 Å². The van der Waals surface area contributed by atoms with Crippen molar-refractivity contribution in [1.82, 2.24) is 10.2 Å². The summed E-state index contributed by atoms with van der Waals surface area (Å²) >= 11 is 1.72. The van der Waals surface area contributed by atoms with Crippen molar-refractivity contribution < 1.29 is 9.18 Å². The van der Waals surface area contributed by atoms with Gasteiger partial charge in [-0.25, -0.2) is 4.39 Å². The Morgan fingerprint density at radius 1 is 1.29 bits per heavy atom. The second-order valence-corrected chi connectivity index (χ2v) is 7.69. The molecule has 3 nitrogen and oxygen atoms in total. The van der Waals surface area contributed by atoms with Crippen LogP contribution >= 0.6 is 11.3 Å². The molecule has 1 aromatic carbocycles. The highest BCUT2D eigenvalue weighted by molar-refractivity contribution is 7.10. The molecule has 0 bridgehead atoms. The molecule has 1 N–H and O–H groups in total. The zero-order valence-electron chi connectivity index (χ0n) is 14.3. The Morgan fingerprint density at radius 3 is 2.46 bits per heavy atom. The van der Waals surface area contributed by atoms with Gasteiger partial charge in [-0.05, 0) is 68.6 Å². The van der Waals surface area contributed by atoms with E-state index in [4.69, 9.17) is 0 Å². The van der Waals surface area contributed by atoms with Crippen LogP contribution in [0.25, 0.3) is 0 Å². The van der Waals surface area contributed by atoms with Crippen LogP contribution in [0.15, 0.2) is 35.7 Å². The number of rotatable bonds is 6. The Hall–Kier alpha value is -1.72. The van der Waals surface area contributed by atoms with E-state index in [-0.39, 0.29) is 17.8 Å². The minimum Gasteiger partial charge on any atom is -0.353 e. The summed E-state index contributed by atoms with van der Waals surface area (Å²) in [6.45, 7) is 2.68. The number of carbonyl (C=O) groups excluding carboxylic acids is 1. The molecule has 0 saturated heterocycles. The van der Waals surface area contributed by atoms with Crippen molar-refractivity contribution >= 4 is 17.2 Å². The molecule has 1 aromatic heterocycles. The number of carbonyl (C=O) groups is 1. The van der Waals surface area contributed by atoms with E-state index in [1.807, 2.05) is 14.1 Å². The molecule has 0 aliphatic heterocycles. The van der Waals surface area contributed by atoms with E-state index in [0.29, 0.717) is 6.54 Å². The summed E-state index contributed by atoms with van der Waals surface area (Å²) in [5.41, 5.74) is 1.71. The molecule has 3 rings (SSSR count). The third-order valence-electron chi connectivity index (χ3n) is 4.87. The first-order valence-corrected chi connectivity index (χ1v) is 9.07. The van der Waals surface area contributed by atoms with E-state index >= 15 is 0 Å². The number of hydrogen-bond acceptors (Lipinski definition) is 3. The van der Waals surface area contributed by atoms with Crippen molar-refractivity contribution in [3.05, 3.63) is 57.5 Å². The first kappa shape index (κ1) is 17.1. The van der Waals surface area contributed by atoms with Crippen LogP contribution in [0, 0.1) is 12.7 Å². The molecule has 1 atom stereocenters. The first-order chi connectivity index (χ1) is 11.4. The van der Waals surface area contributed by atoms with Crippen LogP contribution in [-0.2, 0) is 10.2 Å². The van der Waals surface area contributed by atoms with Crippen LogP contribution in [0.2, 0.25) is 0 Å². The SMILES string of the molecule is Cc1ccsc1C(CNC(=O)C1(c2ccc(F)cc2)CC1)N(C)C. The number of nitrogens with zero attached hydrogens (tertiary/aromatic N) is 1. The zero-order chi connectivity index (χ0) is 17.3. The third-order valence-corrected chi connectivity index (χ3v) is 5.99. The van der Waals surface area contributed by atoms with Crippen molar-refractivity contribution in [3.8, 4) is 0 Å². The van der Waals surface area contributed by atoms with Gasteiger partial charge >= 0.3 is 0 Å². The van der Waals surface area contributed by atoms with Gasteiger partial charge in [0.1, 0.15) is 5.82 Å². The third kappa shape index (κ3) is 3.23. The van der Waals surface area contributed by atoms with E-state index in [0.717, 1.165) is 18.4 Å². The number of halogens is 1. The molecular formula is C19H23FN2OS. The highest BCUT2D eigenvalue weighted by atomic mass is 32.1. The minimum atomic E-state index is -0.463. The van der Waals surface area contributed by atoms with Gasteiger partial charge in [0.15, 0.2) is 0 Å². The van der Waals surface area contributed by atoms with Gasteiger partial charge in [0.25, 0.3) is 0 Å². The number of likely N-dealkylation sites (N-methyl/N-ethyl adjacent to an activating group) is 1. The fourth-order valence-corrected chi connectivity index (χ4v) is 4.26. The van der Waals surface area contributed by atoms with Crippen molar-refractivity contribution in [2.75, 3.05) is 20.6 Å². The average molecular weight is 346 g/mol. The summed E-state index contributed by atoms with van der Waals surface area (Å²) in [6, 6.07) is 8.60. The Kier molecular flexibility index (Phi) is 4.74. The Morgan fingerprint density at radius 2 is 1.96 bits per heavy atom. The van der Waals surface area contributed by atoms with Crippen molar-refractivity contribution in [3.63, 3.8) is 0 Å². The number of hydrogen-bond donors (Lipinski definition) is 1. The molecule has 1 aliphatic rings. The Balaban J connectivity index is 1.70. The number of thiophene rings is 1. The fraction of sp³-hybridized carbons (Fsp3) is 0.421. The van der Waals surface area contributed by atoms with Crippen LogP contribution in [0.4, 0.5) is 4.39 Å². The molecule has 1 aliphatic carbocycles. The van der Waals surface area contributed by atoms with Crippen molar-refractivity contribution in [2.24, 2.45) is 0 Å². The Bertz CT molecular complexity index is 719. The van der Waals surface area contributed by atoms with Gasteiger partial charge < -0.3 is 10.2 Å². The first-order valence-electron chi connectivity index (χ1n) is 8.19. The number of amides is 1. The number of aryl methyl sites for hydroxylation is 1. The summed E-state index contributed by atoms with van der Waals surface area (Å²) in [5.74, 6) is -0.217. The molecule has 1 heterocycles. The van der Waals surface area contributed by atoms with Gasteiger partial charge in [0, 0.05) is 11.4 Å². The molecule has 5 heteroatoms. The summed E-state index contributed by atoms with van der Waals surface area (Å²) in [5, 5.41) is 5.21. The highest BCUT2D eigenvalue weighted by Gasteiger charge is 2.51. The second-order valence-electron chi connectivity index (χ2n) is 6.75. The lowest BCUT2D eigenvalue weighted by Gasteiger charge is -2.26. The number of nitrogens with one attached hydrogen (secondary N) is 1. The van der Waals surface area contributed by atoms with Crippen LogP contribution in [0.5, 0.6) is 0 Å². The van der Waals surface area contributed by atoms with E-state index in [9.17, 15) is 9.18 Å². The Labute approximate surface area is 146 Å². The quantitative estimate of drug-likeness (QED) is 0.866. The average Bonchev–Trinajstić information content (AvgIpc) is 3.26. The molecule has 0 radical (unpaired) electrons. The molecule has 1 unspecified atom stereocenters. The lowest BCUT2D eigenvalue weighted by Crippen LogP contribution is -2.40. The second kappa shape index (κ2) is 6.65. The summed E-state index contributed by atoms with van der Waals surface area (Å²) < 4.78 is 13.1. The largest absolute Gasteiger partial charge is 0.353 e. The van der Waals surface area contributed by atoms with E-state index in [1.54, 1.807) is 23.5 Å². The molecule has 128 valence electrons. The summed E-state index contributed by atoms with van der Waals surface area (Å²) in [4.78, 5) is 16.2. The molecule has 0 spiro atoms. The van der Waals surface area contributed by atoms with Crippen LogP contribution < -0.4 is 5.32 Å². The van der Waals surface area contributed by atoms with Gasteiger partial charge in [0.2, 0.25) is 5.91 Å². The molecule has 1 fully saturated rings. The lowest BCUT2D eigenvalue weighted by atomic mass is 9.95. The van der Waals surface area contributed by atoms with Gasteiger partial charge in [-0.15, -0.1) is 11.3 Å². The number of benzene rings is 1. The smallest absolute Gasteiger partial charge is 0.230 e. The van der Waals surface area contributed by atoms with Gasteiger partial charge in [-0.1, -0.05) is 12.1 Å². The fourth-order valence-electron chi connectivity index (χ4n) is 3.13. The minimum absolute atomic E-state index is 0.0511. The van der Waals surface area contributed by atoms with Crippen molar-refractivity contribution in [1.29, 1.82) is 0 Å². The maximum absolute atomic E-state index is 13.1. The van der Waals surface area contributed by atoms with E-state index in [1.165, 1.54) is 22.6 Å². The molecule has 1 saturated carbocycles. The van der Waals surface area contributed by atoms with E-state index in [2.05, 4.69) is 28.6 Å². The topological polar surface area (TPSA) is 32.3 Å². The molecular weight excluding hydrogens is 323 g/mol. The predicted octanol–water partition coefficient (Wildman–Crippen LogP) is 3.65. The van der Waals surface area contributed by atoms with Gasteiger partial charge in [0.05, 0.1) is 11.5 Å². The lowest BCUT2D eigenvalue weighted by molar-refractivity contribution is -0.123. The van der Waals surface area contributed by atoms with Crippen LogP contribution in [0.1, 0.15) is 34.9 Å². The van der Waals surface area contributed by atoms with Gasteiger partial charge in [-0.3, -0.25) is 4.79 Å². The van der Waals surface area contributed by atoms with E-state index < -0.39 is 5.41 Å². The molecule has 1 amide bonds. The van der Waals surface area contributed by atoms with Crippen LogP contribution in [0.3, 0.4) is 0 Å². The van der Waals surface area contributed by atoms with Gasteiger partial charge in [-0.2, -0.15) is 0 Å².